The summed E-state index contributed by atoms with van der Waals surface area (Å²) in [6.45, 7) is 1.64. The lowest BCUT2D eigenvalue weighted by atomic mass is 9.98. The summed E-state index contributed by atoms with van der Waals surface area (Å²) in [7, 11) is -1.86. The summed E-state index contributed by atoms with van der Waals surface area (Å²) in [6, 6.07) is 3.66. The Kier molecular flexibility index (Phi) is 5.14. The van der Waals surface area contributed by atoms with E-state index < -0.39 is 21.8 Å². The van der Waals surface area contributed by atoms with Crippen LogP contribution >= 0.6 is 0 Å². The van der Waals surface area contributed by atoms with Crippen molar-refractivity contribution < 1.29 is 21.6 Å². The molecule has 0 unspecified atom stereocenters. The fourth-order valence-corrected chi connectivity index (χ4v) is 4.08. The van der Waals surface area contributed by atoms with Crippen LogP contribution in [0.15, 0.2) is 29.2 Å². The topological polar surface area (TPSA) is 49.4 Å². The van der Waals surface area contributed by atoms with Crippen molar-refractivity contribution in [3.8, 4) is 0 Å². The largest absolute Gasteiger partial charge is 0.416 e. The SMILES string of the molecule is CNCC1CCN(S(=O)(=O)c2ccc(C(F)(F)F)cc2)CC1. The van der Waals surface area contributed by atoms with Gasteiger partial charge in [-0.05, 0) is 56.6 Å². The molecule has 1 saturated heterocycles. The van der Waals surface area contributed by atoms with Crippen LogP contribution in [0.3, 0.4) is 0 Å². The number of nitrogens with one attached hydrogen (secondary N) is 1. The fourth-order valence-electron chi connectivity index (χ4n) is 2.61. The van der Waals surface area contributed by atoms with Crippen molar-refractivity contribution in [1.82, 2.24) is 9.62 Å². The Bertz CT molecular complexity index is 592. The van der Waals surface area contributed by atoms with E-state index >= 15 is 0 Å². The average Bonchev–Trinajstić information content (AvgIpc) is 2.47. The van der Waals surface area contributed by atoms with Crippen molar-refractivity contribution in [2.75, 3.05) is 26.7 Å². The first kappa shape index (κ1) is 17.2. The summed E-state index contributed by atoms with van der Waals surface area (Å²) in [6.07, 6.45) is -2.96. The highest BCUT2D eigenvalue weighted by atomic mass is 32.2. The van der Waals surface area contributed by atoms with Crippen molar-refractivity contribution >= 4 is 10.0 Å². The number of halogens is 3. The molecule has 0 atom stereocenters. The molecule has 2 rings (SSSR count). The predicted molar refractivity (Wildman–Crippen MR) is 76.9 cm³/mol. The summed E-state index contributed by atoms with van der Waals surface area (Å²) in [5.74, 6) is 0.434. The van der Waals surface area contributed by atoms with Crippen molar-refractivity contribution in [2.45, 2.75) is 23.9 Å². The summed E-state index contributed by atoms with van der Waals surface area (Å²) in [4.78, 5) is -0.0902. The molecule has 0 aromatic heterocycles. The minimum Gasteiger partial charge on any atom is -0.319 e. The van der Waals surface area contributed by atoms with Crippen LogP contribution in [0.25, 0.3) is 0 Å². The van der Waals surface area contributed by atoms with Gasteiger partial charge in [-0.3, -0.25) is 0 Å². The highest BCUT2D eigenvalue weighted by molar-refractivity contribution is 7.89. The molecule has 1 aromatic rings. The lowest BCUT2D eigenvalue weighted by Gasteiger charge is -2.31. The molecule has 1 aromatic carbocycles. The Labute approximate surface area is 128 Å². The van der Waals surface area contributed by atoms with E-state index in [4.69, 9.17) is 0 Å². The Morgan fingerprint density at radius 3 is 2.18 bits per heavy atom. The number of sulfonamides is 1. The van der Waals surface area contributed by atoms with Crippen molar-refractivity contribution in [2.24, 2.45) is 5.92 Å². The third-order valence-electron chi connectivity index (χ3n) is 3.89. The number of piperidine rings is 1. The zero-order chi connectivity index (χ0) is 16.4. The Balaban J connectivity index is 2.11. The lowest BCUT2D eigenvalue weighted by Crippen LogP contribution is -2.40. The Morgan fingerprint density at radius 1 is 1.18 bits per heavy atom. The molecular formula is C14H19F3N2O2S. The number of hydrogen-bond donors (Lipinski definition) is 1. The Hall–Kier alpha value is -1.12. The highest BCUT2D eigenvalue weighted by Gasteiger charge is 2.32. The maximum absolute atomic E-state index is 12.5. The van der Waals surface area contributed by atoms with Gasteiger partial charge in [0.25, 0.3) is 0 Å². The molecule has 4 nitrogen and oxygen atoms in total. The van der Waals surface area contributed by atoms with Gasteiger partial charge < -0.3 is 5.32 Å². The minimum atomic E-state index is -4.46. The molecule has 1 aliphatic heterocycles. The third kappa shape index (κ3) is 3.80. The molecule has 1 aliphatic rings. The molecule has 124 valence electrons. The van der Waals surface area contributed by atoms with Gasteiger partial charge in [0.05, 0.1) is 10.5 Å². The maximum Gasteiger partial charge on any atom is 0.416 e. The van der Waals surface area contributed by atoms with Gasteiger partial charge in [-0.15, -0.1) is 0 Å². The van der Waals surface area contributed by atoms with E-state index in [1.165, 1.54) is 4.31 Å². The lowest BCUT2D eigenvalue weighted by molar-refractivity contribution is -0.137. The third-order valence-corrected chi connectivity index (χ3v) is 5.80. The number of hydrogen-bond acceptors (Lipinski definition) is 3. The summed E-state index contributed by atoms with van der Waals surface area (Å²) < 4.78 is 63.8. The van der Waals surface area contributed by atoms with Crippen LogP contribution in [0.1, 0.15) is 18.4 Å². The van der Waals surface area contributed by atoms with Gasteiger partial charge >= 0.3 is 6.18 Å². The Morgan fingerprint density at radius 2 is 1.73 bits per heavy atom. The van der Waals surface area contributed by atoms with E-state index in [0.29, 0.717) is 19.0 Å². The second-order valence-electron chi connectivity index (χ2n) is 5.43. The standard InChI is InChI=1S/C14H19F3N2O2S/c1-18-10-11-6-8-19(9-7-11)22(20,21)13-4-2-12(3-5-13)14(15,16)17/h2-5,11,18H,6-10H2,1H3. The molecule has 1 heterocycles. The van der Waals surface area contributed by atoms with E-state index in [1.54, 1.807) is 0 Å². The normalized spacial score (nSPS) is 18.5. The van der Waals surface area contributed by atoms with E-state index in [1.807, 2.05) is 7.05 Å². The summed E-state index contributed by atoms with van der Waals surface area (Å²) in [5.41, 5.74) is -0.848. The molecule has 1 N–H and O–H groups in total. The first-order valence-corrected chi connectivity index (χ1v) is 8.51. The zero-order valence-corrected chi connectivity index (χ0v) is 13.0. The average molecular weight is 336 g/mol. The van der Waals surface area contributed by atoms with Crippen molar-refractivity contribution in [3.05, 3.63) is 29.8 Å². The van der Waals surface area contributed by atoms with Crippen molar-refractivity contribution in [1.29, 1.82) is 0 Å². The van der Waals surface area contributed by atoms with E-state index in [2.05, 4.69) is 5.32 Å². The first-order chi connectivity index (χ1) is 10.2. The van der Waals surface area contributed by atoms with Crippen LogP contribution < -0.4 is 5.32 Å². The van der Waals surface area contributed by atoms with Gasteiger partial charge in [0.2, 0.25) is 10.0 Å². The first-order valence-electron chi connectivity index (χ1n) is 7.07. The summed E-state index contributed by atoms with van der Waals surface area (Å²) >= 11 is 0. The molecule has 0 aliphatic carbocycles. The van der Waals surface area contributed by atoms with E-state index in [-0.39, 0.29) is 4.90 Å². The quantitative estimate of drug-likeness (QED) is 0.918. The van der Waals surface area contributed by atoms with Crippen LogP contribution in [0.2, 0.25) is 0 Å². The number of benzene rings is 1. The fraction of sp³-hybridized carbons (Fsp3) is 0.571. The molecule has 0 amide bonds. The number of rotatable bonds is 4. The molecule has 8 heteroatoms. The van der Waals surface area contributed by atoms with Gasteiger partial charge in [-0.1, -0.05) is 0 Å². The van der Waals surface area contributed by atoms with Crippen LogP contribution in [-0.4, -0.2) is 39.4 Å². The second-order valence-corrected chi connectivity index (χ2v) is 7.37. The minimum absolute atomic E-state index is 0.0902. The molecule has 1 fully saturated rings. The molecule has 0 radical (unpaired) electrons. The van der Waals surface area contributed by atoms with Gasteiger partial charge in [0.15, 0.2) is 0 Å². The number of nitrogens with zero attached hydrogens (tertiary/aromatic N) is 1. The molecule has 0 spiro atoms. The van der Waals surface area contributed by atoms with Gasteiger partial charge in [-0.2, -0.15) is 17.5 Å². The van der Waals surface area contributed by atoms with E-state index in [9.17, 15) is 21.6 Å². The van der Waals surface area contributed by atoms with Gasteiger partial charge in [-0.25, -0.2) is 8.42 Å². The molecule has 0 saturated carbocycles. The van der Waals surface area contributed by atoms with Gasteiger partial charge in [0.1, 0.15) is 0 Å². The summed E-state index contributed by atoms with van der Waals surface area (Å²) in [5, 5.41) is 3.07. The smallest absolute Gasteiger partial charge is 0.319 e. The molecular weight excluding hydrogens is 317 g/mol. The number of alkyl halides is 3. The highest BCUT2D eigenvalue weighted by Crippen LogP contribution is 2.30. The molecule has 22 heavy (non-hydrogen) atoms. The van der Waals surface area contributed by atoms with Crippen LogP contribution in [0.5, 0.6) is 0 Å². The predicted octanol–water partition coefficient (Wildman–Crippen LogP) is 2.33. The van der Waals surface area contributed by atoms with Crippen LogP contribution in [-0.2, 0) is 16.2 Å². The van der Waals surface area contributed by atoms with E-state index in [0.717, 1.165) is 43.7 Å². The zero-order valence-electron chi connectivity index (χ0n) is 12.2. The van der Waals surface area contributed by atoms with Crippen LogP contribution in [0.4, 0.5) is 13.2 Å². The monoisotopic (exact) mass is 336 g/mol. The van der Waals surface area contributed by atoms with Gasteiger partial charge in [0, 0.05) is 13.1 Å². The maximum atomic E-state index is 12.5. The van der Waals surface area contributed by atoms with Crippen LogP contribution in [0, 0.1) is 5.92 Å². The van der Waals surface area contributed by atoms with Crippen molar-refractivity contribution in [3.63, 3.8) is 0 Å². The molecule has 0 bridgehead atoms. The second kappa shape index (κ2) is 6.55.